The average Bonchev–Trinajstić information content (AvgIpc) is 2.96. The van der Waals surface area contributed by atoms with Gasteiger partial charge in [0.05, 0.1) is 10.9 Å². The summed E-state index contributed by atoms with van der Waals surface area (Å²) in [6, 6.07) is 5.92. The number of amides is 1. The molecule has 3 aliphatic carbocycles. The maximum absolute atomic E-state index is 11.6. The first-order valence-corrected chi connectivity index (χ1v) is 11.9. The molecule has 0 aliphatic heterocycles. The molecule has 3 N–H and O–H groups in total. The number of phenols is 1. The maximum Gasteiger partial charge on any atom is 0.230 e. The molecule has 1 aromatic rings. The number of carbonyl (C=O) groups excluding carboxylic acids is 1. The number of hydrogen-bond acceptors (Lipinski definition) is 3. The molecular weight excluding hydrogens is 420 g/mol. The van der Waals surface area contributed by atoms with Crippen molar-refractivity contribution in [2.75, 3.05) is 11.9 Å². The third kappa shape index (κ3) is 3.28. The molecule has 2 saturated carbocycles. The van der Waals surface area contributed by atoms with Crippen molar-refractivity contribution in [1.29, 1.82) is 0 Å². The fraction of sp³-hybridized carbons (Fsp3) is 0.696. The van der Waals surface area contributed by atoms with Gasteiger partial charge in [-0.3, -0.25) is 4.79 Å². The summed E-state index contributed by atoms with van der Waals surface area (Å²) in [7, 11) is 0. The van der Waals surface area contributed by atoms with Crippen LogP contribution in [-0.4, -0.2) is 33.6 Å². The first-order valence-electron chi connectivity index (χ1n) is 10.7. The molecule has 0 aromatic heterocycles. The smallest absolute Gasteiger partial charge is 0.230 e. The Morgan fingerprint density at radius 3 is 2.89 bits per heavy atom. The lowest BCUT2D eigenvalue weighted by atomic mass is 9.53. The Balaban J connectivity index is 1.47. The average molecular weight is 452 g/mol. The summed E-state index contributed by atoms with van der Waals surface area (Å²) in [5.41, 5.74) is 2.11. The van der Waals surface area contributed by atoms with Gasteiger partial charge in [-0.25, -0.2) is 0 Å². The topological polar surface area (TPSA) is 69.6 Å². The molecule has 0 radical (unpaired) electrons. The minimum absolute atomic E-state index is 0.00918. The van der Waals surface area contributed by atoms with Gasteiger partial charge in [0.15, 0.2) is 0 Å². The molecule has 4 rings (SSSR count). The van der Waals surface area contributed by atoms with E-state index >= 15 is 0 Å². The van der Waals surface area contributed by atoms with Crippen LogP contribution in [0.5, 0.6) is 5.75 Å². The molecule has 0 saturated heterocycles. The molecule has 2 fully saturated rings. The van der Waals surface area contributed by atoms with Gasteiger partial charge < -0.3 is 15.5 Å². The van der Waals surface area contributed by atoms with Crippen molar-refractivity contribution in [2.24, 2.45) is 17.3 Å². The number of aryl methyl sites for hydroxylation is 1. The highest BCUT2D eigenvalue weighted by Gasteiger charge is 2.60. The number of phenolic OH excluding ortho intramolecular Hbond substituents is 1. The number of hydrogen-bond donors (Lipinski definition) is 3. The number of nitrogens with one attached hydrogen (secondary N) is 1. The summed E-state index contributed by atoms with van der Waals surface area (Å²) in [4.78, 5) is 11.4. The Labute approximate surface area is 176 Å². The Kier molecular flexibility index (Phi) is 5.51. The number of aromatic hydroxyl groups is 1. The molecule has 1 amide bonds. The number of halogens is 1. The van der Waals surface area contributed by atoms with Gasteiger partial charge in [-0.05, 0) is 97.8 Å². The van der Waals surface area contributed by atoms with Gasteiger partial charge in [0.1, 0.15) is 5.75 Å². The summed E-state index contributed by atoms with van der Waals surface area (Å²) < 4.78 is 0. The largest absolute Gasteiger partial charge is 0.508 e. The zero-order valence-corrected chi connectivity index (χ0v) is 18.3. The minimum Gasteiger partial charge on any atom is -0.508 e. The first-order chi connectivity index (χ1) is 13.4. The highest BCUT2D eigenvalue weighted by Crippen LogP contribution is 2.65. The summed E-state index contributed by atoms with van der Waals surface area (Å²) in [6.45, 7) is 2.96. The Morgan fingerprint density at radius 1 is 1.29 bits per heavy atom. The van der Waals surface area contributed by atoms with Crippen molar-refractivity contribution in [1.82, 2.24) is 5.32 Å². The van der Waals surface area contributed by atoms with Crippen LogP contribution in [0.2, 0.25) is 0 Å². The Bertz CT molecular complexity index is 753. The van der Waals surface area contributed by atoms with E-state index in [9.17, 15) is 15.0 Å². The van der Waals surface area contributed by atoms with E-state index in [-0.39, 0.29) is 11.3 Å². The number of alkyl halides is 1. The monoisotopic (exact) mass is 451 g/mol. The number of fused-ring (bicyclic) bond motifs is 5. The van der Waals surface area contributed by atoms with E-state index in [1.807, 2.05) is 12.1 Å². The lowest BCUT2D eigenvalue weighted by Crippen LogP contribution is -2.51. The summed E-state index contributed by atoms with van der Waals surface area (Å²) in [5, 5.41) is 24.7. The molecule has 28 heavy (non-hydrogen) atoms. The van der Waals surface area contributed by atoms with Crippen molar-refractivity contribution in [3.8, 4) is 5.75 Å². The number of aliphatic hydroxyl groups is 1. The van der Waals surface area contributed by atoms with Crippen LogP contribution >= 0.6 is 15.9 Å². The number of benzene rings is 1. The van der Waals surface area contributed by atoms with Gasteiger partial charge in [-0.15, -0.1) is 0 Å². The minimum atomic E-state index is -0.614. The third-order valence-corrected chi connectivity index (χ3v) is 8.75. The fourth-order valence-electron chi connectivity index (χ4n) is 6.75. The van der Waals surface area contributed by atoms with E-state index in [1.54, 1.807) is 0 Å². The molecule has 1 aromatic carbocycles. The summed E-state index contributed by atoms with van der Waals surface area (Å²) in [5.74, 6) is 2.16. The van der Waals surface area contributed by atoms with Crippen LogP contribution in [0.25, 0.3) is 0 Å². The van der Waals surface area contributed by atoms with Gasteiger partial charge >= 0.3 is 0 Å². The van der Waals surface area contributed by atoms with Crippen LogP contribution in [0, 0.1) is 17.3 Å². The predicted molar refractivity (Wildman–Crippen MR) is 114 cm³/mol. The fourth-order valence-corrected chi connectivity index (χ4v) is 6.94. The second-order valence-corrected chi connectivity index (χ2v) is 9.97. The molecule has 5 heteroatoms. The van der Waals surface area contributed by atoms with Gasteiger partial charge in [0.2, 0.25) is 5.91 Å². The normalized spacial score (nSPS) is 36.3. The molecule has 0 bridgehead atoms. The van der Waals surface area contributed by atoms with E-state index in [4.69, 9.17) is 0 Å². The summed E-state index contributed by atoms with van der Waals surface area (Å²) >= 11 is 3.17. The van der Waals surface area contributed by atoms with Gasteiger partial charge in [-0.2, -0.15) is 0 Å². The Hall–Kier alpha value is -1.07. The van der Waals surface area contributed by atoms with Crippen molar-refractivity contribution in [3.05, 3.63) is 29.3 Å². The molecule has 154 valence electrons. The zero-order valence-electron chi connectivity index (χ0n) is 16.7. The lowest BCUT2D eigenvalue weighted by molar-refractivity contribution is -0.119. The van der Waals surface area contributed by atoms with E-state index < -0.39 is 5.60 Å². The van der Waals surface area contributed by atoms with Crippen molar-refractivity contribution >= 4 is 21.8 Å². The van der Waals surface area contributed by atoms with E-state index in [2.05, 4.69) is 34.2 Å². The van der Waals surface area contributed by atoms with E-state index in [1.165, 1.54) is 17.5 Å². The molecule has 0 unspecified atom stereocenters. The quantitative estimate of drug-likeness (QED) is 0.462. The lowest BCUT2D eigenvalue weighted by Gasteiger charge is -2.53. The van der Waals surface area contributed by atoms with E-state index in [0.717, 1.165) is 44.9 Å². The van der Waals surface area contributed by atoms with Crippen molar-refractivity contribution in [3.63, 3.8) is 0 Å². The predicted octanol–water partition coefficient (Wildman–Crippen LogP) is 4.27. The molecule has 5 atom stereocenters. The van der Waals surface area contributed by atoms with Crippen LogP contribution in [0.1, 0.15) is 68.9 Å². The van der Waals surface area contributed by atoms with Crippen LogP contribution < -0.4 is 5.32 Å². The van der Waals surface area contributed by atoms with Crippen LogP contribution in [0.3, 0.4) is 0 Å². The SMILES string of the molecule is C[C@]12CC[C@@H]3c4ccc(O)cc4CC[C@H]3[C@@H]1CC[C@@]2(O)CCCN[14C](=O)CBr. The zero-order chi connectivity index (χ0) is 19.9. The molecule has 4 nitrogen and oxygen atoms in total. The molecule has 0 spiro atoms. The van der Waals surface area contributed by atoms with Gasteiger partial charge in [0, 0.05) is 6.54 Å². The number of rotatable bonds is 5. The first kappa shape index (κ1) is 20.2. The second kappa shape index (κ2) is 7.64. The van der Waals surface area contributed by atoms with Crippen molar-refractivity contribution in [2.45, 2.75) is 69.8 Å². The third-order valence-electron chi connectivity index (χ3n) is 8.24. The van der Waals surface area contributed by atoms with Crippen molar-refractivity contribution < 1.29 is 15.0 Å². The van der Waals surface area contributed by atoms with E-state index in [0.29, 0.717) is 35.4 Å². The van der Waals surface area contributed by atoms with Crippen LogP contribution in [0.15, 0.2) is 18.2 Å². The highest BCUT2D eigenvalue weighted by molar-refractivity contribution is 9.09. The van der Waals surface area contributed by atoms with Crippen LogP contribution in [-0.2, 0) is 11.2 Å². The Morgan fingerprint density at radius 2 is 2.11 bits per heavy atom. The second-order valence-electron chi connectivity index (χ2n) is 9.41. The van der Waals surface area contributed by atoms with Gasteiger partial charge in [0.25, 0.3) is 0 Å². The highest BCUT2D eigenvalue weighted by atomic mass is 79.9. The molecule has 3 aliphatic rings. The molecule has 0 heterocycles. The van der Waals surface area contributed by atoms with Crippen LogP contribution in [0.4, 0.5) is 0 Å². The standard InChI is InChI=1S/C23H32BrNO3/c1-22-10-7-18-17-6-4-16(26)13-15(17)3-5-19(18)20(22)8-11-23(22,28)9-2-12-25-21(27)14-24/h4,6,13,18-20,26,28H,2-3,5,7-12,14H2,1H3,(H,25,27)/t18-,19-,20+,22+,23+/m1/s1/i21+2. The van der Waals surface area contributed by atoms with Gasteiger partial charge in [-0.1, -0.05) is 28.9 Å². The summed E-state index contributed by atoms with van der Waals surface area (Å²) in [6.07, 6.45) is 7.97. The maximum atomic E-state index is 11.6. The molecular formula is C23H32BrNO3. The number of carbonyl (C=O) groups is 1.